The van der Waals surface area contributed by atoms with Crippen LogP contribution in [-0.2, 0) is 16.1 Å². The number of rotatable bonds is 5. The molecule has 3 N–H and O–H groups in total. The van der Waals surface area contributed by atoms with E-state index in [0.29, 0.717) is 18.7 Å². The predicted molar refractivity (Wildman–Crippen MR) is 92.8 cm³/mol. The minimum Gasteiger partial charge on any atom is -0.388 e. The molecule has 4 rings (SSSR count). The van der Waals surface area contributed by atoms with Gasteiger partial charge in [0.05, 0.1) is 19.3 Å². The van der Waals surface area contributed by atoms with Crippen molar-refractivity contribution in [1.82, 2.24) is 14.9 Å². The molecule has 1 unspecified atom stereocenters. The Morgan fingerprint density at radius 1 is 1.35 bits per heavy atom. The fraction of sp³-hybridized carbons (Fsp3) is 0.444. The third-order valence-electron chi connectivity index (χ3n) is 5.06. The van der Waals surface area contributed by atoms with E-state index in [9.17, 15) is 14.7 Å². The van der Waals surface area contributed by atoms with Crippen molar-refractivity contribution in [3.63, 3.8) is 0 Å². The number of H-pyrrole nitrogens is 1. The largest absolute Gasteiger partial charge is 0.388 e. The molecule has 26 heavy (non-hydrogen) atoms. The fourth-order valence-electron chi connectivity index (χ4n) is 3.61. The summed E-state index contributed by atoms with van der Waals surface area (Å²) < 4.78 is 13.2. The molecule has 2 aliphatic rings. The van der Waals surface area contributed by atoms with Gasteiger partial charge in [-0.15, -0.1) is 0 Å². The lowest BCUT2D eigenvalue weighted by atomic mass is 10.0. The number of fused-ring (bicyclic) bond motifs is 2. The predicted octanol–water partition coefficient (Wildman–Crippen LogP) is -0.338. The van der Waals surface area contributed by atoms with Crippen molar-refractivity contribution >= 4 is 0 Å². The lowest BCUT2D eigenvalue weighted by molar-refractivity contribution is -0.146. The van der Waals surface area contributed by atoms with Gasteiger partial charge in [-0.05, 0) is 12.5 Å². The highest BCUT2D eigenvalue weighted by Gasteiger charge is 2.60. The van der Waals surface area contributed by atoms with Gasteiger partial charge in [-0.25, -0.2) is 4.79 Å². The fourth-order valence-corrected chi connectivity index (χ4v) is 3.61. The lowest BCUT2D eigenvalue weighted by Crippen LogP contribution is -2.48. The molecule has 0 radical (unpaired) electrons. The van der Waals surface area contributed by atoms with Crippen LogP contribution >= 0.6 is 0 Å². The van der Waals surface area contributed by atoms with Gasteiger partial charge in [0.2, 0.25) is 0 Å². The van der Waals surface area contributed by atoms with Crippen LogP contribution in [0.3, 0.4) is 0 Å². The quantitative estimate of drug-likeness (QED) is 0.675. The van der Waals surface area contributed by atoms with Crippen LogP contribution < -0.4 is 16.6 Å². The zero-order valence-electron chi connectivity index (χ0n) is 14.3. The molecule has 0 aliphatic carbocycles. The summed E-state index contributed by atoms with van der Waals surface area (Å²) in [7, 11) is 0. The van der Waals surface area contributed by atoms with Crippen LogP contribution in [0.2, 0.25) is 0 Å². The third kappa shape index (κ3) is 2.80. The monoisotopic (exact) mass is 359 g/mol. The van der Waals surface area contributed by atoms with Crippen LogP contribution in [0.4, 0.5) is 0 Å². The van der Waals surface area contributed by atoms with E-state index in [1.165, 1.54) is 10.8 Å². The highest BCUT2D eigenvalue weighted by molar-refractivity contribution is 5.15. The molecule has 4 atom stereocenters. The number of nitrogens with one attached hydrogen (secondary N) is 2. The van der Waals surface area contributed by atoms with E-state index in [1.54, 1.807) is 6.92 Å². The first-order valence-corrected chi connectivity index (χ1v) is 8.53. The van der Waals surface area contributed by atoms with E-state index in [0.717, 1.165) is 5.56 Å². The summed E-state index contributed by atoms with van der Waals surface area (Å²) in [5.41, 5.74) is -0.479. The Labute approximate surface area is 149 Å². The van der Waals surface area contributed by atoms with Crippen LogP contribution in [0.5, 0.6) is 0 Å². The van der Waals surface area contributed by atoms with Crippen molar-refractivity contribution in [2.45, 2.75) is 37.5 Å². The van der Waals surface area contributed by atoms with Crippen molar-refractivity contribution in [1.29, 1.82) is 0 Å². The summed E-state index contributed by atoms with van der Waals surface area (Å²) >= 11 is 0. The molecule has 2 aliphatic heterocycles. The SMILES string of the molecule is Cc1cn(C2O[C@@]3(COCc4ccccc4)CN[C@@H]2[C@@H]3O)c(=O)[nH]c1=O. The van der Waals surface area contributed by atoms with E-state index in [2.05, 4.69) is 10.3 Å². The average Bonchev–Trinajstić information content (AvgIpc) is 3.09. The molecule has 3 heterocycles. The smallest absolute Gasteiger partial charge is 0.330 e. The first-order chi connectivity index (χ1) is 12.5. The molecular formula is C18H21N3O5. The molecule has 0 amide bonds. The Morgan fingerprint density at radius 2 is 2.12 bits per heavy atom. The standard InChI is InChI=1S/C18H21N3O5/c1-11-7-21(17(24)20-15(11)23)16-13-14(22)18(26-16,9-19-13)10-25-8-12-5-3-2-4-6-12/h2-7,13-14,16,19,22H,8-10H2,1H3,(H,20,23,24)/t13-,14+,16?,18-/m1/s1. The molecule has 8 nitrogen and oxygen atoms in total. The normalized spacial score (nSPS) is 30.0. The molecule has 8 heteroatoms. The van der Waals surface area contributed by atoms with Gasteiger partial charge in [0.25, 0.3) is 5.56 Å². The lowest BCUT2D eigenvalue weighted by Gasteiger charge is -2.31. The van der Waals surface area contributed by atoms with E-state index in [-0.39, 0.29) is 6.61 Å². The summed E-state index contributed by atoms with van der Waals surface area (Å²) in [6.45, 7) is 2.65. The van der Waals surface area contributed by atoms with E-state index in [4.69, 9.17) is 9.47 Å². The Morgan fingerprint density at radius 3 is 2.88 bits per heavy atom. The van der Waals surface area contributed by atoms with Gasteiger partial charge in [-0.3, -0.25) is 14.3 Å². The second-order valence-electron chi connectivity index (χ2n) is 6.88. The van der Waals surface area contributed by atoms with Crippen molar-refractivity contribution in [3.8, 4) is 0 Å². The van der Waals surface area contributed by atoms with Gasteiger partial charge in [0, 0.05) is 18.3 Å². The number of benzene rings is 1. The number of aryl methyl sites for hydroxylation is 1. The molecular weight excluding hydrogens is 338 g/mol. The molecule has 2 fully saturated rings. The van der Waals surface area contributed by atoms with Crippen LogP contribution in [0.25, 0.3) is 0 Å². The second kappa shape index (κ2) is 6.48. The number of morpholine rings is 1. The van der Waals surface area contributed by atoms with E-state index >= 15 is 0 Å². The summed E-state index contributed by atoms with van der Waals surface area (Å²) in [6, 6.07) is 9.29. The third-order valence-corrected chi connectivity index (χ3v) is 5.06. The number of hydrogen-bond acceptors (Lipinski definition) is 6. The molecule has 138 valence electrons. The van der Waals surface area contributed by atoms with Gasteiger partial charge in [0.1, 0.15) is 11.7 Å². The van der Waals surface area contributed by atoms with Crippen LogP contribution in [0.15, 0.2) is 46.1 Å². The first kappa shape index (κ1) is 17.2. The van der Waals surface area contributed by atoms with Crippen LogP contribution in [0.1, 0.15) is 17.4 Å². The zero-order chi connectivity index (χ0) is 18.3. The second-order valence-corrected chi connectivity index (χ2v) is 6.88. The van der Waals surface area contributed by atoms with Gasteiger partial charge >= 0.3 is 5.69 Å². The number of hydrogen-bond donors (Lipinski definition) is 3. The van der Waals surface area contributed by atoms with Gasteiger partial charge in [-0.1, -0.05) is 30.3 Å². The molecule has 0 spiro atoms. The first-order valence-electron chi connectivity index (χ1n) is 8.53. The minimum atomic E-state index is -0.923. The summed E-state index contributed by atoms with van der Waals surface area (Å²) in [5, 5.41) is 13.9. The number of ether oxygens (including phenoxy) is 2. The molecule has 1 aromatic heterocycles. The summed E-state index contributed by atoms with van der Waals surface area (Å²) in [5.74, 6) is 0. The maximum Gasteiger partial charge on any atom is 0.330 e. The number of aliphatic hydroxyl groups is 1. The minimum absolute atomic E-state index is 0.195. The Bertz CT molecular complexity index is 909. The summed E-state index contributed by atoms with van der Waals surface area (Å²) in [4.78, 5) is 26.0. The topological polar surface area (TPSA) is 106 Å². The number of aliphatic hydroxyl groups excluding tert-OH is 1. The van der Waals surface area contributed by atoms with Crippen molar-refractivity contribution in [3.05, 3.63) is 68.5 Å². The molecule has 0 saturated carbocycles. The number of nitrogens with zero attached hydrogens (tertiary/aromatic N) is 1. The Hall–Kier alpha value is -2.26. The van der Waals surface area contributed by atoms with E-state index in [1.807, 2.05) is 30.3 Å². The molecule has 2 bridgehead atoms. The average molecular weight is 359 g/mol. The number of aromatic amines is 1. The van der Waals surface area contributed by atoms with Gasteiger partial charge in [-0.2, -0.15) is 0 Å². The van der Waals surface area contributed by atoms with Crippen LogP contribution in [-0.4, -0.2) is 45.6 Å². The maximum absolute atomic E-state index is 12.2. The van der Waals surface area contributed by atoms with E-state index < -0.39 is 35.2 Å². The van der Waals surface area contributed by atoms with Crippen molar-refractivity contribution in [2.75, 3.05) is 13.2 Å². The summed E-state index contributed by atoms with van der Waals surface area (Å²) in [6.07, 6.45) is -0.0658. The Balaban J connectivity index is 1.51. The van der Waals surface area contributed by atoms with Crippen LogP contribution in [0, 0.1) is 6.92 Å². The van der Waals surface area contributed by atoms with Gasteiger partial charge in [0.15, 0.2) is 6.23 Å². The molecule has 1 aromatic carbocycles. The molecule has 2 aromatic rings. The Kier molecular flexibility index (Phi) is 4.28. The van der Waals surface area contributed by atoms with Crippen molar-refractivity contribution < 1.29 is 14.6 Å². The van der Waals surface area contributed by atoms with Crippen molar-refractivity contribution in [2.24, 2.45) is 0 Å². The highest BCUT2D eigenvalue weighted by atomic mass is 16.6. The number of aromatic nitrogens is 2. The molecule has 2 saturated heterocycles. The maximum atomic E-state index is 12.2. The highest BCUT2D eigenvalue weighted by Crippen LogP contribution is 2.41. The van der Waals surface area contributed by atoms with Gasteiger partial charge < -0.3 is 19.9 Å². The zero-order valence-corrected chi connectivity index (χ0v) is 14.3.